The highest BCUT2D eigenvalue weighted by molar-refractivity contribution is 6.27. The highest BCUT2D eigenvalue weighted by atomic mass is 19.1. The van der Waals surface area contributed by atoms with Crippen LogP contribution < -0.4 is 14.8 Å². The number of carbonyl (C=O) groups is 2. The maximum atomic E-state index is 13.3. The summed E-state index contributed by atoms with van der Waals surface area (Å²) in [5.74, 6) is -3.02. The molecule has 0 aromatic heterocycles. The van der Waals surface area contributed by atoms with Gasteiger partial charge in [-0.05, 0) is 73.2 Å². The van der Waals surface area contributed by atoms with Gasteiger partial charge in [-0.15, -0.1) is 0 Å². The van der Waals surface area contributed by atoms with Crippen molar-refractivity contribution in [3.8, 4) is 11.5 Å². The molecular weight excluding hydrogens is 468 g/mol. The van der Waals surface area contributed by atoms with Gasteiger partial charge in [-0.2, -0.15) is 0 Å². The second-order valence-corrected chi connectivity index (χ2v) is 8.30. The number of nitrogens with one attached hydrogen (secondary N) is 1. The molecule has 35 heavy (non-hydrogen) atoms. The van der Waals surface area contributed by atoms with Gasteiger partial charge in [0, 0.05) is 13.1 Å². The molecule has 0 bridgehead atoms. The van der Waals surface area contributed by atoms with E-state index < -0.39 is 24.1 Å². The highest BCUT2D eigenvalue weighted by Crippen LogP contribution is 2.30. The van der Waals surface area contributed by atoms with Crippen LogP contribution in [-0.4, -0.2) is 69.9 Å². The van der Waals surface area contributed by atoms with Crippen LogP contribution in [0, 0.1) is 11.6 Å². The maximum absolute atomic E-state index is 13.3. The van der Waals surface area contributed by atoms with Crippen LogP contribution in [0.25, 0.3) is 0 Å². The maximum Gasteiger partial charge on any atom is 0.414 e. The van der Waals surface area contributed by atoms with E-state index in [1.807, 2.05) is 0 Å². The van der Waals surface area contributed by atoms with Crippen LogP contribution in [-0.2, 0) is 22.4 Å². The monoisotopic (exact) mass is 495 g/mol. The van der Waals surface area contributed by atoms with Crippen LogP contribution in [0.3, 0.4) is 0 Å². The van der Waals surface area contributed by atoms with E-state index in [0.29, 0.717) is 37.2 Å². The number of carboxylic acids is 2. The molecule has 4 atom stereocenters. The van der Waals surface area contributed by atoms with E-state index in [4.69, 9.17) is 29.3 Å². The summed E-state index contributed by atoms with van der Waals surface area (Å²) in [7, 11) is 0. The van der Waals surface area contributed by atoms with Crippen molar-refractivity contribution < 1.29 is 48.3 Å². The standard InChI is InChI=1S/C22H25F2NO4.C2H2O4/c23-15-3-7-19-13(9-15)1-5-21(28-19)17(26)11-25-12-18(27)22-6-2-14-10-16(24)4-8-20(14)29-22;3-1(4)2(5)6/h3-4,7-10,17-18,21-22,25-27H,1-2,5-6,11-12H2;(H,3,4)(H,5,6)/t17-,18-,21-,22+;/m1./s1. The van der Waals surface area contributed by atoms with Gasteiger partial charge in [-0.1, -0.05) is 0 Å². The van der Waals surface area contributed by atoms with Crippen molar-refractivity contribution >= 4 is 11.9 Å². The fourth-order valence-corrected chi connectivity index (χ4v) is 3.94. The number of hydrogen-bond donors (Lipinski definition) is 5. The number of rotatable bonds is 6. The van der Waals surface area contributed by atoms with Crippen molar-refractivity contribution in [1.82, 2.24) is 5.32 Å². The number of aliphatic hydroxyl groups is 2. The first-order valence-electron chi connectivity index (χ1n) is 11.1. The average molecular weight is 495 g/mol. The summed E-state index contributed by atoms with van der Waals surface area (Å²) in [4.78, 5) is 18.2. The van der Waals surface area contributed by atoms with Crippen molar-refractivity contribution in [3.05, 3.63) is 59.2 Å². The second-order valence-electron chi connectivity index (χ2n) is 8.30. The molecule has 2 aromatic carbocycles. The largest absolute Gasteiger partial charge is 0.487 e. The smallest absolute Gasteiger partial charge is 0.414 e. The fraction of sp³-hybridized carbons (Fsp3) is 0.417. The number of carboxylic acid groups (broad SMARTS) is 2. The predicted octanol–water partition coefficient (Wildman–Crippen LogP) is 1.52. The van der Waals surface area contributed by atoms with Crippen LogP contribution in [0.1, 0.15) is 24.0 Å². The molecule has 0 unspecified atom stereocenters. The molecule has 0 saturated heterocycles. The van der Waals surface area contributed by atoms with Gasteiger partial charge in [0.1, 0.15) is 47.5 Å². The van der Waals surface area contributed by atoms with Crippen LogP contribution in [0.4, 0.5) is 8.78 Å². The molecule has 9 nitrogen and oxygen atoms in total. The Balaban J connectivity index is 0.000000509. The van der Waals surface area contributed by atoms with Gasteiger partial charge in [-0.3, -0.25) is 0 Å². The lowest BCUT2D eigenvalue weighted by Crippen LogP contribution is -2.46. The number of aliphatic carboxylic acids is 2. The molecule has 190 valence electrons. The van der Waals surface area contributed by atoms with Crippen molar-refractivity contribution in [3.63, 3.8) is 0 Å². The molecule has 0 amide bonds. The first kappa shape index (κ1) is 26.3. The lowest BCUT2D eigenvalue weighted by atomic mass is 9.98. The van der Waals surface area contributed by atoms with E-state index in [0.717, 1.165) is 11.1 Å². The van der Waals surface area contributed by atoms with Gasteiger partial charge in [-0.25, -0.2) is 18.4 Å². The molecule has 4 rings (SSSR count). The average Bonchev–Trinajstić information content (AvgIpc) is 2.83. The zero-order valence-electron chi connectivity index (χ0n) is 18.7. The summed E-state index contributed by atoms with van der Waals surface area (Å²) in [6, 6.07) is 8.79. The molecule has 2 aliphatic rings. The third kappa shape index (κ3) is 7.35. The van der Waals surface area contributed by atoms with E-state index in [9.17, 15) is 19.0 Å². The number of aliphatic hydroxyl groups excluding tert-OH is 2. The van der Waals surface area contributed by atoms with Crippen molar-refractivity contribution in [2.75, 3.05) is 13.1 Å². The SMILES string of the molecule is O=C(O)C(=O)O.O[C@H](CNC[C@@H](O)[C@H]1CCc2cc(F)ccc2O1)[C@@H]1CCc2cc(F)ccc2O1. The minimum absolute atomic E-state index is 0.257. The molecule has 5 N–H and O–H groups in total. The summed E-state index contributed by atoms with van der Waals surface area (Å²) >= 11 is 0. The fourth-order valence-electron chi connectivity index (χ4n) is 3.94. The molecule has 0 fully saturated rings. The first-order chi connectivity index (χ1) is 16.6. The molecule has 0 spiro atoms. The zero-order valence-corrected chi connectivity index (χ0v) is 18.7. The number of fused-ring (bicyclic) bond motifs is 2. The van der Waals surface area contributed by atoms with Gasteiger partial charge in [0.25, 0.3) is 0 Å². The Kier molecular flexibility index (Phi) is 8.96. The normalized spacial score (nSPS) is 20.0. The zero-order chi connectivity index (χ0) is 25.5. The molecule has 11 heteroatoms. The van der Waals surface area contributed by atoms with E-state index >= 15 is 0 Å². The van der Waals surface area contributed by atoms with Crippen molar-refractivity contribution in [2.24, 2.45) is 0 Å². The molecular formula is C24H27F2NO8. The predicted molar refractivity (Wildman–Crippen MR) is 118 cm³/mol. The van der Waals surface area contributed by atoms with Crippen LogP contribution >= 0.6 is 0 Å². The van der Waals surface area contributed by atoms with Gasteiger partial charge >= 0.3 is 11.9 Å². The van der Waals surface area contributed by atoms with E-state index in [1.165, 1.54) is 24.3 Å². The summed E-state index contributed by atoms with van der Waals surface area (Å²) in [6.45, 7) is 0.513. The number of aryl methyl sites for hydroxylation is 2. The van der Waals surface area contributed by atoms with Gasteiger partial charge in [0.05, 0.1) is 0 Å². The molecule has 2 heterocycles. The number of hydrogen-bond acceptors (Lipinski definition) is 7. The van der Waals surface area contributed by atoms with E-state index in [2.05, 4.69) is 5.32 Å². The number of benzene rings is 2. The van der Waals surface area contributed by atoms with Gasteiger partial charge in [0.2, 0.25) is 0 Å². The van der Waals surface area contributed by atoms with Gasteiger partial charge in [0.15, 0.2) is 0 Å². The Bertz CT molecular complexity index is 969. The summed E-state index contributed by atoms with van der Waals surface area (Å²) < 4.78 is 38.2. The topological polar surface area (TPSA) is 146 Å². The molecule has 0 radical (unpaired) electrons. The lowest BCUT2D eigenvalue weighted by Gasteiger charge is -2.31. The first-order valence-corrected chi connectivity index (χ1v) is 11.1. The number of halogens is 2. The van der Waals surface area contributed by atoms with Crippen LogP contribution in [0.5, 0.6) is 11.5 Å². The summed E-state index contributed by atoms with van der Waals surface area (Å²) in [6.07, 6.45) is 0.214. The molecule has 2 aromatic rings. The number of ether oxygens (including phenoxy) is 2. The van der Waals surface area contributed by atoms with Crippen LogP contribution in [0.2, 0.25) is 0 Å². The Morgan fingerprint density at radius 3 is 1.60 bits per heavy atom. The van der Waals surface area contributed by atoms with Crippen molar-refractivity contribution in [1.29, 1.82) is 0 Å². The summed E-state index contributed by atoms with van der Waals surface area (Å²) in [5, 5.41) is 38.7. The van der Waals surface area contributed by atoms with E-state index in [-0.39, 0.29) is 36.9 Å². The van der Waals surface area contributed by atoms with Gasteiger partial charge < -0.3 is 35.2 Å². The molecule has 0 saturated carbocycles. The Hall–Kier alpha value is -3.28. The minimum Gasteiger partial charge on any atom is -0.487 e. The quantitative estimate of drug-likeness (QED) is 0.377. The molecule has 2 aliphatic heterocycles. The Morgan fingerprint density at radius 1 is 0.829 bits per heavy atom. The Morgan fingerprint density at radius 2 is 1.23 bits per heavy atom. The highest BCUT2D eigenvalue weighted by Gasteiger charge is 2.29. The van der Waals surface area contributed by atoms with Crippen molar-refractivity contribution in [2.45, 2.75) is 50.1 Å². The second kappa shape index (κ2) is 11.9. The van der Waals surface area contributed by atoms with E-state index in [1.54, 1.807) is 12.1 Å². The Labute approximate surface area is 199 Å². The lowest BCUT2D eigenvalue weighted by molar-refractivity contribution is -0.159. The third-order valence-electron chi connectivity index (χ3n) is 5.75. The van der Waals surface area contributed by atoms with Crippen LogP contribution in [0.15, 0.2) is 36.4 Å². The summed E-state index contributed by atoms with van der Waals surface area (Å²) in [5.41, 5.74) is 1.62. The third-order valence-corrected chi connectivity index (χ3v) is 5.75. The minimum atomic E-state index is -1.82. The molecule has 0 aliphatic carbocycles.